The molecule has 4 N–H and O–H groups in total. The van der Waals surface area contributed by atoms with Gasteiger partial charge in [-0.25, -0.2) is 4.79 Å². The molecule has 25 heavy (non-hydrogen) atoms. The monoisotopic (exact) mass is 353 g/mol. The van der Waals surface area contributed by atoms with Crippen molar-refractivity contribution in [2.24, 2.45) is 5.73 Å². The van der Waals surface area contributed by atoms with Gasteiger partial charge in [-0.15, -0.1) is 0 Å². The number of fused-ring (bicyclic) bond motifs is 1. The Morgan fingerprint density at radius 3 is 2.56 bits per heavy atom. The van der Waals surface area contributed by atoms with Crippen molar-refractivity contribution in [2.75, 3.05) is 6.54 Å². The highest BCUT2D eigenvalue weighted by Crippen LogP contribution is 2.25. The molecule has 0 radical (unpaired) electrons. The molecule has 0 saturated carbocycles. The summed E-state index contributed by atoms with van der Waals surface area (Å²) < 4.78 is 0. The molecule has 2 saturated heterocycles. The van der Waals surface area contributed by atoms with E-state index in [9.17, 15) is 19.5 Å². The van der Waals surface area contributed by atoms with E-state index in [0.29, 0.717) is 32.2 Å². The number of aliphatic carboxylic acids is 1. The Labute approximate surface area is 149 Å². The molecule has 7 nitrogen and oxygen atoms in total. The number of carbonyl (C=O) groups excluding carboxylic acids is 2. The number of carbonyl (C=O) groups is 3. The van der Waals surface area contributed by atoms with Crippen LogP contribution in [0.15, 0.2) is 0 Å². The summed E-state index contributed by atoms with van der Waals surface area (Å²) in [4.78, 5) is 38.8. The first-order valence-corrected chi connectivity index (χ1v) is 9.53. The predicted octanol–water partition coefficient (Wildman–Crippen LogP) is 1.40. The maximum absolute atomic E-state index is 12.8. The fourth-order valence-corrected chi connectivity index (χ4v) is 3.92. The summed E-state index contributed by atoms with van der Waals surface area (Å²) in [5.41, 5.74) is 4.79. The number of rotatable bonds is 2. The van der Waals surface area contributed by atoms with Gasteiger partial charge in [-0.1, -0.05) is 39.0 Å². The molecule has 2 rings (SSSR count). The quantitative estimate of drug-likeness (QED) is 0.694. The molecule has 2 fully saturated rings. The lowest BCUT2D eigenvalue weighted by atomic mass is 9.88. The van der Waals surface area contributed by atoms with Crippen molar-refractivity contribution in [3.05, 3.63) is 0 Å². The third kappa shape index (κ3) is 4.51. The van der Waals surface area contributed by atoms with Crippen molar-refractivity contribution in [3.8, 4) is 0 Å². The van der Waals surface area contributed by atoms with Gasteiger partial charge in [-0.05, 0) is 32.1 Å². The smallest absolute Gasteiger partial charge is 0.329 e. The first-order chi connectivity index (χ1) is 11.9. The van der Waals surface area contributed by atoms with Gasteiger partial charge >= 0.3 is 5.97 Å². The number of nitrogens with zero attached hydrogens (tertiary/aromatic N) is 1. The lowest BCUT2D eigenvalue weighted by molar-refractivity contribution is -0.150. The second-order valence-corrected chi connectivity index (χ2v) is 7.33. The fraction of sp³-hybridized carbons (Fsp3) is 0.833. The predicted molar refractivity (Wildman–Crippen MR) is 93.8 cm³/mol. The Morgan fingerprint density at radius 1 is 1.20 bits per heavy atom. The van der Waals surface area contributed by atoms with Crippen molar-refractivity contribution in [1.29, 1.82) is 0 Å². The van der Waals surface area contributed by atoms with Crippen LogP contribution in [0.25, 0.3) is 0 Å². The van der Waals surface area contributed by atoms with Crippen LogP contribution >= 0.6 is 0 Å². The van der Waals surface area contributed by atoms with Gasteiger partial charge < -0.3 is 21.1 Å². The van der Waals surface area contributed by atoms with Gasteiger partial charge in [0, 0.05) is 6.54 Å². The zero-order valence-electron chi connectivity index (χ0n) is 15.1. The van der Waals surface area contributed by atoms with Gasteiger partial charge in [0.05, 0.1) is 6.04 Å². The van der Waals surface area contributed by atoms with Gasteiger partial charge in [0.2, 0.25) is 11.8 Å². The van der Waals surface area contributed by atoms with Gasteiger partial charge in [0.15, 0.2) is 0 Å². The van der Waals surface area contributed by atoms with E-state index in [-0.39, 0.29) is 11.8 Å². The topological polar surface area (TPSA) is 113 Å². The van der Waals surface area contributed by atoms with E-state index < -0.39 is 23.6 Å². The molecule has 0 aromatic carbocycles. The maximum Gasteiger partial charge on any atom is 0.329 e. The lowest BCUT2D eigenvalue weighted by Gasteiger charge is -2.33. The first kappa shape index (κ1) is 19.7. The molecule has 7 heteroatoms. The molecule has 3 atom stereocenters. The molecule has 142 valence electrons. The highest BCUT2D eigenvalue weighted by atomic mass is 16.4. The number of hydrogen-bond donors (Lipinski definition) is 3. The molecular formula is C18H31N3O4. The third-order valence-corrected chi connectivity index (χ3v) is 5.65. The number of carboxylic acids is 1. The van der Waals surface area contributed by atoms with Crippen LogP contribution in [0.3, 0.4) is 0 Å². The average Bonchev–Trinajstić information content (AvgIpc) is 3.07. The summed E-state index contributed by atoms with van der Waals surface area (Å²) in [6.45, 7) is 2.29. The number of hydrogen-bond acceptors (Lipinski definition) is 4. The number of nitrogens with two attached hydrogens (primary N) is 1. The van der Waals surface area contributed by atoms with E-state index in [4.69, 9.17) is 5.73 Å². The lowest BCUT2D eigenvalue weighted by Crippen LogP contribution is -2.59. The van der Waals surface area contributed by atoms with Crippen molar-refractivity contribution in [3.63, 3.8) is 0 Å². The zero-order valence-corrected chi connectivity index (χ0v) is 15.1. The SMILES string of the molecule is CC[C@]1(C(=O)O)CCCCCCC[C@H](N)C(=O)N2CCC[C@H]2C(=O)N1. The van der Waals surface area contributed by atoms with Gasteiger partial charge in [-0.2, -0.15) is 0 Å². The molecule has 0 spiro atoms. The van der Waals surface area contributed by atoms with E-state index in [1.54, 1.807) is 11.8 Å². The summed E-state index contributed by atoms with van der Waals surface area (Å²) in [6.07, 6.45) is 7.23. The Kier molecular flexibility index (Phi) is 6.81. The summed E-state index contributed by atoms with van der Waals surface area (Å²) in [5, 5.41) is 12.5. The summed E-state index contributed by atoms with van der Waals surface area (Å²) >= 11 is 0. The highest BCUT2D eigenvalue weighted by molar-refractivity contribution is 5.93. The molecule has 2 aliphatic heterocycles. The third-order valence-electron chi connectivity index (χ3n) is 5.65. The first-order valence-electron chi connectivity index (χ1n) is 9.53. The van der Waals surface area contributed by atoms with E-state index in [0.717, 1.165) is 38.5 Å². The second-order valence-electron chi connectivity index (χ2n) is 7.33. The van der Waals surface area contributed by atoms with Crippen molar-refractivity contribution in [2.45, 2.75) is 88.8 Å². The van der Waals surface area contributed by atoms with Gasteiger partial charge in [-0.3, -0.25) is 9.59 Å². The minimum atomic E-state index is -1.25. The largest absolute Gasteiger partial charge is 0.480 e. The fourth-order valence-electron chi connectivity index (χ4n) is 3.92. The van der Waals surface area contributed by atoms with E-state index in [1.165, 1.54) is 0 Å². The van der Waals surface area contributed by atoms with Crippen LogP contribution in [0.5, 0.6) is 0 Å². The Morgan fingerprint density at radius 2 is 1.88 bits per heavy atom. The molecule has 0 unspecified atom stereocenters. The zero-order chi connectivity index (χ0) is 18.4. The minimum absolute atomic E-state index is 0.188. The Hall–Kier alpha value is -1.63. The van der Waals surface area contributed by atoms with Gasteiger partial charge in [0.25, 0.3) is 0 Å². The minimum Gasteiger partial charge on any atom is -0.480 e. The van der Waals surface area contributed by atoms with Crippen LogP contribution in [-0.2, 0) is 14.4 Å². The molecular weight excluding hydrogens is 322 g/mol. The van der Waals surface area contributed by atoms with E-state index >= 15 is 0 Å². The van der Waals surface area contributed by atoms with Crippen LogP contribution in [0.2, 0.25) is 0 Å². The van der Waals surface area contributed by atoms with Crippen molar-refractivity contribution in [1.82, 2.24) is 10.2 Å². The Balaban J connectivity index is 2.23. The van der Waals surface area contributed by atoms with Crippen LogP contribution in [0.1, 0.15) is 71.1 Å². The highest BCUT2D eigenvalue weighted by Gasteiger charge is 2.42. The molecule has 2 aliphatic rings. The van der Waals surface area contributed by atoms with E-state index in [1.807, 2.05) is 0 Å². The van der Waals surface area contributed by atoms with Crippen LogP contribution in [0.4, 0.5) is 0 Å². The van der Waals surface area contributed by atoms with E-state index in [2.05, 4.69) is 5.32 Å². The normalized spacial score (nSPS) is 32.6. The number of carboxylic acid groups (broad SMARTS) is 1. The molecule has 0 aromatic rings. The standard InChI is InChI=1S/C18H31N3O4/c1-2-18(17(24)25)11-7-5-3-4-6-9-13(19)16(23)21-12-8-10-14(21)15(22)20-18/h13-14H,2-12,19H2,1H3,(H,20,22)(H,24,25)/t13-,14-,18+/m0/s1. The molecule has 0 bridgehead atoms. The molecule has 0 aromatic heterocycles. The van der Waals surface area contributed by atoms with Crippen LogP contribution < -0.4 is 11.1 Å². The maximum atomic E-state index is 12.8. The molecule has 2 amide bonds. The Bertz CT molecular complexity index is 511. The van der Waals surface area contributed by atoms with Crippen molar-refractivity contribution < 1.29 is 19.5 Å². The summed E-state index contributed by atoms with van der Waals surface area (Å²) in [5.74, 6) is -1.55. The average molecular weight is 353 g/mol. The summed E-state index contributed by atoms with van der Waals surface area (Å²) in [7, 11) is 0. The second kappa shape index (κ2) is 8.65. The number of amides is 2. The van der Waals surface area contributed by atoms with Crippen molar-refractivity contribution >= 4 is 17.8 Å². The summed E-state index contributed by atoms with van der Waals surface area (Å²) in [6, 6.07) is -1.18. The molecule has 2 heterocycles. The molecule has 0 aliphatic carbocycles. The van der Waals surface area contributed by atoms with Crippen LogP contribution in [-0.4, -0.2) is 52.0 Å². The van der Waals surface area contributed by atoms with Gasteiger partial charge in [0.1, 0.15) is 11.6 Å². The van der Waals surface area contributed by atoms with Crippen LogP contribution in [0, 0.1) is 0 Å². The number of nitrogens with one attached hydrogen (secondary N) is 1.